The van der Waals surface area contributed by atoms with Crippen LogP contribution in [0.5, 0.6) is 0 Å². The van der Waals surface area contributed by atoms with E-state index in [1.54, 1.807) is 0 Å². The highest BCUT2D eigenvalue weighted by Crippen LogP contribution is 2.53. The molecule has 3 nitrogen and oxygen atoms in total. The second-order valence-electron chi connectivity index (χ2n) is 4.32. The Morgan fingerprint density at radius 1 is 1.58 bits per heavy atom. The first-order valence-electron chi connectivity index (χ1n) is 4.14. The van der Waals surface area contributed by atoms with Gasteiger partial charge in [-0.1, -0.05) is 0 Å². The van der Waals surface area contributed by atoms with E-state index in [4.69, 9.17) is 5.73 Å². The van der Waals surface area contributed by atoms with Crippen LogP contribution >= 0.6 is 11.8 Å². The minimum atomic E-state index is -0.288. The fourth-order valence-electron chi connectivity index (χ4n) is 2.04. The van der Waals surface area contributed by atoms with Crippen LogP contribution in [0.3, 0.4) is 0 Å². The number of carbonyl (C=O) groups is 1. The number of rotatable bonds is 0. The van der Waals surface area contributed by atoms with Crippen molar-refractivity contribution in [3.63, 3.8) is 0 Å². The van der Waals surface area contributed by atoms with Crippen LogP contribution < -0.4 is 5.73 Å². The van der Waals surface area contributed by atoms with Crippen molar-refractivity contribution in [2.24, 2.45) is 5.73 Å². The summed E-state index contributed by atoms with van der Waals surface area (Å²) in [6.07, 6.45) is 0. The number of thioether (sulfide) groups is 1. The van der Waals surface area contributed by atoms with Crippen LogP contribution in [0.2, 0.25) is 0 Å². The highest BCUT2D eigenvalue weighted by atomic mass is 32.2. The molecule has 12 heavy (non-hydrogen) atoms. The molecule has 2 heterocycles. The number of nitrogens with two attached hydrogens (primary N) is 1. The molecule has 0 saturated carbocycles. The molecule has 2 aliphatic rings. The van der Waals surface area contributed by atoms with Gasteiger partial charge in [-0.3, -0.25) is 4.79 Å². The normalized spacial score (nSPS) is 44.2. The van der Waals surface area contributed by atoms with Crippen LogP contribution in [0.4, 0.5) is 0 Å². The molecule has 0 aromatic heterocycles. The van der Waals surface area contributed by atoms with Gasteiger partial charge in [-0.15, -0.1) is 11.8 Å². The quantitative estimate of drug-likeness (QED) is 0.557. The standard InChI is InChI=1S/C8H14N2OS/c1-7(2)4-10-6(11)5(9)8(10,3)12-7/h5H,4,9H2,1-3H3. The Balaban J connectivity index is 2.28. The number of fused-ring (bicyclic) bond motifs is 1. The van der Waals surface area contributed by atoms with Crippen molar-refractivity contribution >= 4 is 17.7 Å². The van der Waals surface area contributed by atoms with Crippen LogP contribution in [-0.2, 0) is 4.79 Å². The monoisotopic (exact) mass is 186 g/mol. The average Bonchev–Trinajstić information content (AvgIpc) is 2.18. The summed E-state index contributed by atoms with van der Waals surface area (Å²) < 4.78 is 0.165. The molecule has 0 aromatic rings. The lowest BCUT2D eigenvalue weighted by atomic mass is 9.96. The summed E-state index contributed by atoms with van der Waals surface area (Å²) in [5, 5.41) is 0. The second kappa shape index (κ2) is 1.99. The maximum Gasteiger partial charge on any atom is 0.244 e. The van der Waals surface area contributed by atoms with Gasteiger partial charge in [0.15, 0.2) is 0 Å². The number of β-lactam (4-membered cyclic amide) rings is 1. The molecule has 2 rings (SSSR count). The Bertz CT molecular complexity index is 253. The molecule has 1 amide bonds. The molecule has 2 atom stereocenters. The van der Waals surface area contributed by atoms with Crippen molar-refractivity contribution in [2.45, 2.75) is 36.4 Å². The van der Waals surface area contributed by atoms with Gasteiger partial charge in [0, 0.05) is 11.3 Å². The van der Waals surface area contributed by atoms with Crippen molar-refractivity contribution in [3.8, 4) is 0 Å². The number of amides is 1. The molecule has 0 aromatic carbocycles. The van der Waals surface area contributed by atoms with E-state index >= 15 is 0 Å². The first-order valence-corrected chi connectivity index (χ1v) is 4.96. The minimum Gasteiger partial charge on any atom is -0.323 e. The first kappa shape index (κ1) is 8.38. The summed E-state index contributed by atoms with van der Waals surface area (Å²) >= 11 is 1.81. The molecule has 4 heteroatoms. The largest absolute Gasteiger partial charge is 0.323 e. The summed E-state index contributed by atoms with van der Waals surface area (Å²) in [4.78, 5) is 13.1. The molecule has 0 radical (unpaired) electrons. The lowest BCUT2D eigenvalue weighted by Gasteiger charge is -2.48. The second-order valence-corrected chi connectivity index (χ2v) is 6.45. The van der Waals surface area contributed by atoms with E-state index in [1.165, 1.54) is 0 Å². The van der Waals surface area contributed by atoms with Crippen molar-refractivity contribution in [2.75, 3.05) is 6.54 Å². The molecule has 0 bridgehead atoms. The molecule has 2 N–H and O–H groups in total. The zero-order valence-corrected chi connectivity index (χ0v) is 8.44. The SMILES string of the molecule is CC1(C)CN2C(=O)C(N)C2(C)S1. The molecular weight excluding hydrogens is 172 g/mol. The molecule has 0 spiro atoms. The zero-order chi connectivity index (χ0) is 9.15. The number of hydrogen-bond acceptors (Lipinski definition) is 3. The first-order chi connectivity index (χ1) is 5.37. The smallest absolute Gasteiger partial charge is 0.244 e. The zero-order valence-electron chi connectivity index (χ0n) is 7.63. The fourth-order valence-corrected chi connectivity index (χ4v) is 3.85. The molecule has 2 fully saturated rings. The Morgan fingerprint density at radius 2 is 2.17 bits per heavy atom. The maximum absolute atomic E-state index is 11.3. The third kappa shape index (κ3) is 0.796. The van der Waals surface area contributed by atoms with E-state index in [0.29, 0.717) is 0 Å². The van der Waals surface area contributed by atoms with Crippen molar-refractivity contribution in [3.05, 3.63) is 0 Å². The summed E-state index contributed by atoms with van der Waals surface area (Å²) in [7, 11) is 0. The van der Waals surface area contributed by atoms with Crippen molar-refractivity contribution in [1.29, 1.82) is 0 Å². The van der Waals surface area contributed by atoms with Gasteiger partial charge in [-0.05, 0) is 20.8 Å². The van der Waals surface area contributed by atoms with Gasteiger partial charge in [-0.2, -0.15) is 0 Å². The van der Waals surface area contributed by atoms with E-state index in [-0.39, 0.29) is 21.6 Å². The molecule has 2 saturated heterocycles. The van der Waals surface area contributed by atoms with Crippen LogP contribution in [0.25, 0.3) is 0 Å². The number of nitrogens with zero attached hydrogens (tertiary/aromatic N) is 1. The van der Waals surface area contributed by atoms with E-state index < -0.39 is 0 Å². The molecular formula is C8H14N2OS. The third-order valence-corrected chi connectivity index (χ3v) is 4.24. The summed E-state index contributed by atoms with van der Waals surface area (Å²) in [6.45, 7) is 7.20. The summed E-state index contributed by atoms with van der Waals surface area (Å²) in [6, 6.07) is -0.288. The molecule has 68 valence electrons. The maximum atomic E-state index is 11.3. The van der Waals surface area contributed by atoms with Crippen LogP contribution in [0, 0.1) is 0 Å². The topological polar surface area (TPSA) is 46.3 Å². The summed E-state index contributed by atoms with van der Waals surface area (Å²) in [5.74, 6) is 0.107. The van der Waals surface area contributed by atoms with Gasteiger partial charge < -0.3 is 10.6 Å². The predicted molar refractivity (Wildman–Crippen MR) is 49.8 cm³/mol. The van der Waals surface area contributed by atoms with Gasteiger partial charge in [0.25, 0.3) is 0 Å². The number of hydrogen-bond donors (Lipinski definition) is 1. The summed E-state index contributed by atoms with van der Waals surface area (Å²) in [5.41, 5.74) is 5.75. The third-order valence-electron chi connectivity index (χ3n) is 2.67. The molecule has 2 unspecified atom stereocenters. The van der Waals surface area contributed by atoms with Gasteiger partial charge >= 0.3 is 0 Å². The molecule has 2 aliphatic heterocycles. The lowest BCUT2D eigenvalue weighted by molar-refractivity contribution is -0.149. The Morgan fingerprint density at radius 3 is 2.67 bits per heavy atom. The Kier molecular flexibility index (Phi) is 1.39. The average molecular weight is 186 g/mol. The molecule has 0 aliphatic carbocycles. The highest BCUT2D eigenvalue weighted by molar-refractivity contribution is 8.02. The van der Waals surface area contributed by atoms with Crippen molar-refractivity contribution in [1.82, 2.24) is 4.90 Å². The van der Waals surface area contributed by atoms with E-state index in [2.05, 4.69) is 20.8 Å². The van der Waals surface area contributed by atoms with Crippen molar-refractivity contribution < 1.29 is 4.79 Å². The minimum absolute atomic E-state index is 0.107. The highest BCUT2D eigenvalue weighted by Gasteiger charge is 2.62. The van der Waals surface area contributed by atoms with E-state index in [9.17, 15) is 4.79 Å². The van der Waals surface area contributed by atoms with Gasteiger partial charge in [-0.25, -0.2) is 0 Å². The number of carbonyl (C=O) groups excluding carboxylic acids is 1. The Labute approximate surface area is 76.7 Å². The fraction of sp³-hybridized carbons (Fsp3) is 0.875. The lowest BCUT2D eigenvalue weighted by Crippen LogP contribution is -2.72. The van der Waals surface area contributed by atoms with Gasteiger partial charge in [0.2, 0.25) is 5.91 Å². The predicted octanol–water partition coefficient (Wildman–Crippen LogP) is 0.398. The van der Waals surface area contributed by atoms with Crippen LogP contribution in [0.1, 0.15) is 20.8 Å². The Hall–Kier alpha value is -0.220. The van der Waals surface area contributed by atoms with Gasteiger partial charge in [0.1, 0.15) is 10.9 Å². The van der Waals surface area contributed by atoms with Gasteiger partial charge in [0.05, 0.1) is 0 Å². The van der Waals surface area contributed by atoms with Crippen LogP contribution in [-0.4, -0.2) is 33.0 Å². The van der Waals surface area contributed by atoms with E-state index in [1.807, 2.05) is 16.7 Å². The van der Waals surface area contributed by atoms with Crippen LogP contribution in [0.15, 0.2) is 0 Å². The van der Waals surface area contributed by atoms with E-state index in [0.717, 1.165) is 6.54 Å².